The molecule has 9 nitrogen and oxygen atoms in total. The Hall–Kier alpha value is -3.49. The van der Waals surface area contributed by atoms with Crippen LogP contribution in [-0.2, 0) is 4.74 Å². The van der Waals surface area contributed by atoms with E-state index in [-0.39, 0.29) is 18.5 Å². The number of ether oxygens (including phenoxy) is 2. The van der Waals surface area contributed by atoms with Crippen LogP contribution in [-0.4, -0.2) is 50.1 Å². The third-order valence-corrected chi connectivity index (χ3v) is 4.56. The third kappa shape index (κ3) is 4.68. The number of aromatic nitrogens is 1. The van der Waals surface area contributed by atoms with Gasteiger partial charge in [0.25, 0.3) is 0 Å². The fourth-order valence-corrected chi connectivity index (χ4v) is 3.02. The van der Waals surface area contributed by atoms with E-state index < -0.39 is 6.09 Å². The average Bonchev–Trinajstić information content (AvgIpc) is 2.69. The summed E-state index contributed by atoms with van der Waals surface area (Å²) < 4.78 is 10.1. The Morgan fingerprint density at radius 1 is 1.34 bits per heavy atom. The van der Waals surface area contributed by atoms with Crippen molar-refractivity contribution in [1.82, 2.24) is 4.98 Å². The molecule has 0 saturated carbocycles. The minimum Gasteiger partial charge on any atom is -0.497 e. The first kappa shape index (κ1) is 20.2. The fraction of sp³-hybridized carbons (Fsp3) is 0.350. The van der Waals surface area contributed by atoms with Crippen LogP contribution in [0.15, 0.2) is 35.3 Å². The third-order valence-electron chi connectivity index (χ3n) is 4.56. The first-order valence-electron chi connectivity index (χ1n) is 9.34. The predicted molar refractivity (Wildman–Crippen MR) is 116 cm³/mol. The second-order valence-electron chi connectivity index (χ2n) is 6.66. The zero-order chi connectivity index (χ0) is 21.0. The number of carbonyl (C=O) groups excluding carboxylic acids is 1. The summed E-state index contributed by atoms with van der Waals surface area (Å²) in [4.78, 5) is 22.7. The van der Waals surface area contributed by atoms with Crippen molar-refractivity contribution in [2.75, 3.05) is 48.6 Å². The lowest BCUT2D eigenvalue weighted by Crippen LogP contribution is -2.37. The number of methoxy groups -OCH3 is 1. The Kier molecular flexibility index (Phi) is 6.06. The molecule has 3 rings (SSSR count). The number of nitrogen functional groups attached to an aromatic ring is 1. The number of nitrogens with one attached hydrogen (secondary N) is 2. The number of anilines is 4. The van der Waals surface area contributed by atoms with E-state index in [2.05, 4.69) is 20.5 Å². The van der Waals surface area contributed by atoms with Crippen molar-refractivity contribution in [3.05, 3.63) is 30.3 Å². The van der Waals surface area contributed by atoms with E-state index in [0.29, 0.717) is 23.7 Å². The molecule has 29 heavy (non-hydrogen) atoms. The minimum absolute atomic E-state index is 0.0135. The molecule has 154 valence electrons. The molecule has 1 atom stereocenters. The summed E-state index contributed by atoms with van der Waals surface area (Å²) in [5.74, 6) is 1.36. The SMILES string of the molecule is CCOC(=O)Nc1cc2c(c(N)n1)N=C(CN(C)c1ccc(OC)cc1)C(C)N2. The first-order valence-corrected chi connectivity index (χ1v) is 9.34. The molecular formula is C20H26N6O3. The normalized spacial score (nSPS) is 14.9. The van der Waals surface area contributed by atoms with Gasteiger partial charge in [0.1, 0.15) is 17.3 Å². The highest BCUT2D eigenvalue weighted by molar-refractivity contribution is 6.02. The molecule has 1 aliphatic heterocycles. The molecule has 0 saturated heterocycles. The van der Waals surface area contributed by atoms with Crippen LogP contribution in [0.2, 0.25) is 0 Å². The lowest BCUT2D eigenvalue weighted by molar-refractivity contribution is 0.168. The second kappa shape index (κ2) is 8.68. The van der Waals surface area contributed by atoms with E-state index in [1.54, 1.807) is 20.1 Å². The Bertz CT molecular complexity index is 913. The topological polar surface area (TPSA) is 114 Å². The highest BCUT2D eigenvalue weighted by atomic mass is 16.5. The molecule has 2 aromatic rings. The molecule has 0 radical (unpaired) electrons. The van der Waals surface area contributed by atoms with Crippen LogP contribution in [0.4, 0.5) is 33.5 Å². The number of hydrogen-bond acceptors (Lipinski definition) is 8. The van der Waals surface area contributed by atoms with Gasteiger partial charge >= 0.3 is 6.09 Å². The molecule has 0 fully saturated rings. The molecule has 0 spiro atoms. The molecule has 2 heterocycles. The van der Waals surface area contributed by atoms with Crippen LogP contribution in [0.25, 0.3) is 0 Å². The zero-order valence-corrected chi connectivity index (χ0v) is 17.0. The van der Waals surface area contributed by atoms with E-state index >= 15 is 0 Å². The molecule has 9 heteroatoms. The van der Waals surface area contributed by atoms with Crippen LogP contribution in [0.5, 0.6) is 5.75 Å². The van der Waals surface area contributed by atoms with E-state index in [9.17, 15) is 4.79 Å². The Labute approximate surface area is 169 Å². The highest BCUT2D eigenvalue weighted by Gasteiger charge is 2.23. The van der Waals surface area contributed by atoms with Crippen molar-refractivity contribution in [2.45, 2.75) is 19.9 Å². The maximum Gasteiger partial charge on any atom is 0.412 e. The van der Waals surface area contributed by atoms with Crippen molar-refractivity contribution in [3.63, 3.8) is 0 Å². The van der Waals surface area contributed by atoms with Crippen molar-refractivity contribution < 1.29 is 14.3 Å². The summed E-state index contributed by atoms with van der Waals surface area (Å²) >= 11 is 0. The summed E-state index contributed by atoms with van der Waals surface area (Å²) in [5.41, 5.74) is 9.35. The van der Waals surface area contributed by atoms with Gasteiger partial charge in [0.05, 0.1) is 37.7 Å². The zero-order valence-electron chi connectivity index (χ0n) is 17.0. The number of aliphatic imine (C=N–C) groups is 1. The summed E-state index contributed by atoms with van der Waals surface area (Å²) in [6.45, 7) is 4.65. The van der Waals surface area contributed by atoms with E-state index in [1.165, 1.54) is 0 Å². The second-order valence-corrected chi connectivity index (χ2v) is 6.66. The predicted octanol–water partition coefficient (Wildman–Crippen LogP) is 3.26. The number of pyridine rings is 1. The summed E-state index contributed by atoms with van der Waals surface area (Å²) in [6.07, 6.45) is -0.575. The monoisotopic (exact) mass is 398 g/mol. The molecule has 1 amide bonds. The van der Waals surface area contributed by atoms with Gasteiger partial charge in [-0.25, -0.2) is 14.8 Å². The quantitative estimate of drug-likeness (QED) is 0.684. The van der Waals surface area contributed by atoms with E-state index in [4.69, 9.17) is 20.2 Å². The Morgan fingerprint density at radius 2 is 2.07 bits per heavy atom. The summed E-state index contributed by atoms with van der Waals surface area (Å²) in [6, 6.07) is 9.53. The van der Waals surface area contributed by atoms with Crippen molar-refractivity contribution in [3.8, 4) is 5.75 Å². The number of nitrogens with zero attached hydrogens (tertiary/aromatic N) is 3. The van der Waals surface area contributed by atoms with Gasteiger partial charge in [-0.2, -0.15) is 0 Å². The Morgan fingerprint density at radius 3 is 2.72 bits per heavy atom. The largest absolute Gasteiger partial charge is 0.497 e. The molecule has 1 aromatic heterocycles. The lowest BCUT2D eigenvalue weighted by Gasteiger charge is -2.29. The van der Waals surface area contributed by atoms with Gasteiger partial charge in [0.15, 0.2) is 5.82 Å². The van der Waals surface area contributed by atoms with Crippen LogP contribution in [0.1, 0.15) is 13.8 Å². The number of rotatable bonds is 6. The van der Waals surface area contributed by atoms with Crippen molar-refractivity contribution >= 4 is 40.5 Å². The number of nitrogens with two attached hydrogens (primary N) is 1. The molecule has 1 unspecified atom stereocenters. The number of amides is 1. The smallest absolute Gasteiger partial charge is 0.412 e. The number of carbonyl (C=O) groups is 1. The average molecular weight is 398 g/mol. The number of benzene rings is 1. The molecule has 0 bridgehead atoms. The van der Waals surface area contributed by atoms with Gasteiger partial charge in [0, 0.05) is 18.8 Å². The number of fused-ring (bicyclic) bond motifs is 1. The summed E-state index contributed by atoms with van der Waals surface area (Å²) in [7, 11) is 3.65. The lowest BCUT2D eigenvalue weighted by atomic mass is 10.1. The Balaban J connectivity index is 1.79. The van der Waals surface area contributed by atoms with Gasteiger partial charge in [-0.05, 0) is 38.1 Å². The summed E-state index contributed by atoms with van der Waals surface area (Å²) in [5, 5.41) is 5.95. The minimum atomic E-state index is -0.575. The fourth-order valence-electron chi connectivity index (χ4n) is 3.02. The van der Waals surface area contributed by atoms with Crippen LogP contribution >= 0.6 is 0 Å². The maximum atomic E-state index is 11.6. The standard InChI is InChI=1S/C20H26N6O3/c1-5-29-20(27)25-17-10-15-18(19(21)24-17)23-16(12(2)22-15)11-26(3)13-6-8-14(28-4)9-7-13/h6-10,12,22H,5,11H2,1-4H3,(H3,21,24,25,27). The molecule has 4 N–H and O–H groups in total. The van der Waals surface area contributed by atoms with Crippen molar-refractivity contribution in [2.24, 2.45) is 4.99 Å². The van der Waals surface area contributed by atoms with E-state index in [0.717, 1.165) is 17.1 Å². The van der Waals surface area contributed by atoms with Gasteiger partial charge in [-0.15, -0.1) is 0 Å². The van der Waals surface area contributed by atoms with Crippen LogP contribution < -0.4 is 26.0 Å². The number of hydrogen-bond donors (Lipinski definition) is 3. The van der Waals surface area contributed by atoms with Crippen molar-refractivity contribution in [1.29, 1.82) is 0 Å². The molecule has 0 aliphatic carbocycles. The van der Waals surface area contributed by atoms with Crippen LogP contribution in [0, 0.1) is 0 Å². The van der Waals surface area contributed by atoms with Gasteiger partial charge in [-0.3, -0.25) is 5.32 Å². The van der Waals surface area contributed by atoms with E-state index in [1.807, 2.05) is 38.2 Å². The maximum absolute atomic E-state index is 11.6. The van der Waals surface area contributed by atoms with Gasteiger partial charge < -0.3 is 25.4 Å². The molecule has 1 aromatic carbocycles. The van der Waals surface area contributed by atoms with Gasteiger partial charge in [0.2, 0.25) is 0 Å². The highest BCUT2D eigenvalue weighted by Crippen LogP contribution is 2.36. The molecule has 1 aliphatic rings. The first-order chi connectivity index (χ1) is 13.9. The van der Waals surface area contributed by atoms with Gasteiger partial charge in [-0.1, -0.05) is 0 Å². The molecular weight excluding hydrogens is 372 g/mol. The van der Waals surface area contributed by atoms with Crippen LogP contribution in [0.3, 0.4) is 0 Å².